The van der Waals surface area contributed by atoms with Gasteiger partial charge in [0.25, 0.3) is 0 Å². The van der Waals surface area contributed by atoms with E-state index in [1.165, 1.54) is 0 Å². The molecule has 0 saturated heterocycles. The second kappa shape index (κ2) is 7.66. The molecule has 4 nitrogen and oxygen atoms in total. The fourth-order valence-electron chi connectivity index (χ4n) is 2.01. The number of hydrogen-bond donors (Lipinski definition) is 1. The van der Waals surface area contributed by atoms with Crippen LogP contribution >= 0.6 is 12.2 Å². The van der Waals surface area contributed by atoms with Gasteiger partial charge < -0.3 is 19.5 Å². The number of benzene rings is 2. The molecule has 0 aliphatic heterocycles. The second-order valence-corrected chi connectivity index (χ2v) is 5.01. The molecule has 0 aliphatic rings. The van der Waals surface area contributed by atoms with Gasteiger partial charge >= 0.3 is 0 Å². The van der Waals surface area contributed by atoms with Crippen molar-refractivity contribution in [3.05, 3.63) is 53.6 Å². The van der Waals surface area contributed by atoms with Gasteiger partial charge in [0.15, 0.2) is 0 Å². The number of methoxy groups -OCH3 is 3. The highest BCUT2D eigenvalue weighted by atomic mass is 32.1. The van der Waals surface area contributed by atoms with Crippen LogP contribution in [0.2, 0.25) is 0 Å². The monoisotopic (exact) mass is 317 g/mol. The minimum Gasteiger partial charge on any atom is -0.497 e. The Labute approximate surface area is 136 Å². The maximum atomic E-state index is 5.44. The molecule has 2 aromatic carbocycles. The minimum absolute atomic E-state index is 0.635. The summed E-state index contributed by atoms with van der Waals surface area (Å²) in [7, 11) is 4.89. The van der Waals surface area contributed by atoms with Crippen LogP contribution in [0.25, 0.3) is 0 Å². The lowest BCUT2D eigenvalue weighted by Gasteiger charge is -2.13. The molecule has 2 rings (SSSR count). The zero-order chi connectivity index (χ0) is 15.9. The van der Waals surface area contributed by atoms with Crippen LogP contribution in [0, 0.1) is 0 Å². The highest BCUT2D eigenvalue weighted by Crippen LogP contribution is 2.24. The van der Waals surface area contributed by atoms with Crippen molar-refractivity contribution in [3.8, 4) is 17.2 Å². The fraction of sp³-hybridized carbons (Fsp3) is 0.235. The Balaban J connectivity index is 2.05. The van der Waals surface area contributed by atoms with Gasteiger partial charge in [0.2, 0.25) is 0 Å². The second-order valence-electron chi connectivity index (χ2n) is 4.60. The summed E-state index contributed by atoms with van der Waals surface area (Å²) in [6.07, 6.45) is 0. The molecule has 116 valence electrons. The molecule has 0 aliphatic carbocycles. The fourth-order valence-corrected chi connectivity index (χ4v) is 2.25. The zero-order valence-corrected chi connectivity index (χ0v) is 13.7. The maximum Gasteiger partial charge on any atom is 0.132 e. The predicted octanol–water partition coefficient (Wildman–Crippen LogP) is 3.18. The summed E-state index contributed by atoms with van der Waals surface area (Å²) < 4.78 is 15.7. The predicted molar refractivity (Wildman–Crippen MR) is 91.1 cm³/mol. The first-order chi connectivity index (χ1) is 10.7. The van der Waals surface area contributed by atoms with E-state index in [2.05, 4.69) is 5.32 Å². The van der Waals surface area contributed by atoms with E-state index in [4.69, 9.17) is 26.4 Å². The van der Waals surface area contributed by atoms with E-state index in [0.29, 0.717) is 17.3 Å². The number of hydrogen-bond acceptors (Lipinski definition) is 4. The van der Waals surface area contributed by atoms with Gasteiger partial charge in [0.05, 0.1) is 26.9 Å². The molecule has 0 unspecified atom stereocenters. The van der Waals surface area contributed by atoms with Gasteiger partial charge in [0.1, 0.15) is 22.2 Å². The quantitative estimate of drug-likeness (QED) is 0.829. The van der Waals surface area contributed by atoms with Crippen molar-refractivity contribution in [2.45, 2.75) is 6.54 Å². The molecule has 1 N–H and O–H groups in total. The normalized spacial score (nSPS) is 9.95. The maximum absolute atomic E-state index is 5.44. The molecule has 0 heterocycles. The number of nitrogens with one attached hydrogen (secondary N) is 1. The van der Waals surface area contributed by atoms with Crippen LogP contribution in [-0.2, 0) is 6.54 Å². The van der Waals surface area contributed by atoms with Crippen LogP contribution in [0.3, 0.4) is 0 Å². The third-order valence-corrected chi connectivity index (χ3v) is 3.63. The summed E-state index contributed by atoms with van der Waals surface area (Å²) in [5.41, 5.74) is 1.96. The summed E-state index contributed by atoms with van der Waals surface area (Å²) in [6, 6.07) is 13.4. The van der Waals surface area contributed by atoms with Crippen LogP contribution in [0.5, 0.6) is 17.2 Å². The van der Waals surface area contributed by atoms with Crippen LogP contribution in [0.1, 0.15) is 11.1 Å². The van der Waals surface area contributed by atoms with Crippen molar-refractivity contribution in [1.29, 1.82) is 0 Å². The Kier molecular flexibility index (Phi) is 5.61. The first-order valence-corrected chi connectivity index (χ1v) is 7.22. The van der Waals surface area contributed by atoms with Gasteiger partial charge in [-0.05, 0) is 29.8 Å². The molecule has 0 saturated carbocycles. The zero-order valence-electron chi connectivity index (χ0n) is 12.9. The number of rotatable bonds is 6. The van der Waals surface area contributed by atoms with E-state index in [9.17, 15) is 0 Å². The average Bonchev–Trinajstić information content (AvgIpc) is 2.59. The third kappa shape index (κ3) is 3.89. The topological polar surface area (TPSA) is 39.7 Å². The molecule has 5 heteroatoms. The first kappa shape index (κ1) is 16.1. The third-order valence-electron chi connectivity index (χ3n) is 3.27. The van der Waals surface area contributed by atoms with Crippen LogP contribution in [0.15, 0.2) is 42.5 Å². The van der Waals surface area contributed by atoms with Crippen molar-refractivity contribution in [2.75, 3.05) is 21.3 Å². The van der Waals surface area contributed by atoms with Gasteiger partial charge in [0, 0.05) is 12.6 Å². The number of thiocarbonyl (C=S) groups is 1. The largest absolute Gasteiger partial charge is 0.497 e. The number of ether oxygens (including phenoxy) is 3. The van der Waals surface area contributed by atoms with E-state index < -0.39 is 0 Å². The molecule has 0 amide bonds. The van der Waals surface area contributed by atoms with Gasteiger partial charge in [-0.25, -0.2) is 0 Å². The van der Waals surface area contributed by atoms with Gasteiger partial charge in [-0.1, -0.05) is 24.4 Å². The van der Waals surface area contributed by atoms with Gasteiger partial charge in [-0.3, -0.25) is 0 Å². The van der Waals surface area contributed by atoms with E-state index in [1.807, 2.05) is 42.5 Å². The van der Waals surface area contributed by atoms with E-state index in [0.717, 1.165) is 22.6 Å². The molecule has 0 fully saturated rings. The Morgan fingerprint density at radius 2 is 1.55 bits per heavy atom. The molecule has 0 bridgehead atoms. The summed E-state index contributed by atoms with van der Waals surface area (Å²) in [5.74, 6) is 2.26. The van der Waals surface area contributed by atoms with Crippen LogP contribution in [0.4, 0.5) is 0 Å². The van der Waals surface area contributed by atoms with Crippen molar-refractivity contribution >= 4 is 17.2 Å². The Morgan fingerprint density at radius 1 is 0.909 bits per heavy atom. The summed E-state index contributed by atoms with van der Waals surface area (Å²) in [6.45, 7) is 0.637. The van der Waals surface area contributed by atoms with Gasteiger partial charge in [-0.2, -0.15) is 0 Å². The Hall–Kier alpha value is -2.27. The van der Waals surface area contributed by atoms with E-state index in [-0.39, 0.29) is 0 Å². The minimum atomic E-state index is 0.635. The molecule has 0 aromatic heterocycles. The van der Waals surface area contributed by atoms with Gasteiger partial charge in [-0.15, -0.1) is 0 Å². The van der Waals surface area contributed by atoms with Crippen LogP contribution in [-0.4, -0.2) is 26.3 Å². The molecular formula is C17H19NO3S. The lowest BCUT2D eigenvalue weighted by Crippen LogP contribution is -2.22. The van der Waals surface area contributed by atoms with E-state index in [1.54, 1.807) is 21.3 Å². The van der Waals surface area contributed by atoms with Crippen LogP contribution < -0.4 is 19.5 Å². The summed E-state index contributed by atoms with van der Waals surface area (Å²) in [4.78, 5) is 0.635. The van der Waals surface area contributed by atoms with Crippen molar-refractivity contribution < 1.29 is 14.2 Å². The molecule has 0 atom stereocenters. The lowest BCUT2D eigenvalue weighted by molar-refractivity contribution is 0.394. The molecule has 2 aromatic rings. The summed E-state index contributed by atoms with van der Waals surface area (Å²) >= 11 is 5.44. The molecule has 22 heavy (non-hydrogen) atoms. The van der Waals surface area contributed by atoms with E-state index >= 15 is 0 Å². The highest BCUT2D eigenvalue weighted by Gasteiger charge is 2.09. The SMILES string of the molecule is COc1ccc(CNC(=S)c2ccc(OC)cc2OC)cc1. The van der Waals surface area contributed by atoms with Crippen molar-refractivity contribution in [1.82, 2.24) is 5.32 Å². The Morgan fingerprint density at radius 3 is 2.14 bits per heavy atom. The standard InChI is InChI=1S/C17H19NO3S/c1-19-13-6-4-12(5-7-13)11-18-17(22)15-9-8-14(20-2)10-16(15)21-3/h4-10H,11H2,1-3H3,(H,18,22). The molecule has 0 radical (unpaired) electrons. The highest BCUT2D eigenvalue weighted by molar-refractivity contribution is 7.80. The average molecular weight is 317 g/mol. The molecular weight excluding hydrogens is 298 g/mol. The smallest absolute Gasteiger partial charge is 0.132 e. The van der Waals surface area contributed by atoms with Crippen molar-refractivity contribution in [3.63, 3.8) is 0 Å². The first-order valence-electron chi connectivity index (χ1n) is 6.81. The van der Waals surface area contributed by atoms with Crippen molar-refractivity contribution in [2.24, 2.45) is 0 Å². The lowest BCUT2D eigenvalue weighted by atomic mass is 10.1. The summed E-state index contributed by atoms with van der Waals surface area (Å²) in [5, 5.41) is 3.23. The molecule has 0 spiro atoms. The Bertz CT molecular complexity index is 641.